The minimum atomic E-state index is -3.12. The Kier molecular flexibility index (Phi) is 6.93. The number of hydrogen-bond acceptors (Lipinski definition) is 4. The van der Waals surface area contributed by atoms with Gasteiger partial charge in [-0.25, -0.2) is 8.42 Å². The predicted molar refractivity (Wildman–Crippen MR) is 85.5 cm³/mol. The van der Waals surface area contributed by atoms with Crippen molar-refractivity contribution in [2.24, 2.45) is 5.73 Å². The van der Waals surface area contributed by atoms with E-state index in [1.807, 2.05) is 0 Å². The van der Waals surface area contributed by atoms with E-state index in [2.05, 4.69) is 5.32 Å². The van der Waals surface area contributed by atoms with Gasteiger partial charge >= 0.3 is 0 Å². The molecule has 118 valence electrons. The first-order chi connectivity index (χ1) is 9.67. The van der Waals surface area contributed by atoms with Gasteiger partial charge < -0.3 is 11.1 Å². The molecule has 0 aliphatic carbocycles. The van der Waals surface area contributed by atoms with E-state index in [1.165, 1.54) is 0 Å². The van der Waals surface area contributed by atoms with E-state index in [9.17, 15) is 13.2 Å². The zero-order valence-electron chi connectivity index (χ0n) is 11.6. The number of sulfone groups is 1. The first kappa shape index (κ1) is 18.2. The van der Waals surface area contributed by atoms with Crippen LogP contribution < -0.4 is 11.1 Å². The lowest BCUT2D eigenvalue weighted by atomic mass is 10.1. The lowest BCUT2D eigenvalue weighted by Crippen LogP contribution is -2.42. The predicted octanol–water partition coefficient (Wildman–Crippen LogP) is 1.41. The summed E-state index contributed by atoms with van der Waals surface area (Å²) >= 11 is 11.8. The maximum absolute atomic E-state index is 11.7. The van der Waals surface area contributed by atoms with Gasteiger partial charge in [-0.2, -0.15) is 0 Å². The Morgan fingerprint density at radius 1 is 1.29 bits per heavy atom. The van der Waals surface area contributed by atoms with E-state index in [-0.39, 0.29) is 18.1 Å². The van der Waals surface area contributed by atoms with E-state index in [0.717, 1.165) is 11.8 Å². The van der Waals surface area contributed by atoms with Crippen molar-refractivity contribution in [1.29, 1.82) is 0 Å². The van der Waals surface area contributed by atoms with Gasteiger partial charge in [-0.3, -0.25) is 4.79 Å². The molecule has 0 fully saturated rings. The Balaban J connectivity index is 2.39. The van der Waals surface area contributed by atoms with Crippen LogP contribution in [0.25, 0.3) is 0 Å². The largest absolute Gasteiger partial charge is 0.354 e. The first-order valence-corrected chi connectivity index (χ1v) is 9.15. The molecule has 0 bridgehead atoms. The SMILES string of the molecule is CS(=O)(=O)CCC(N)C(=O)NCCc1cc(Cl)cc(Cl)c1. The van der Waals surface area contributed by atoms with E-state index in [1.54, 1.807) is 18.2 Å². The second-order valence-electron chi connectivity index (χ2n) is 4.84. The van der Waals surface area contributed by atoms with Gasteiger partial charge in [0, 0.05) is 22.8 Å². The highest BCUT2D eigenvalue weighted by atomic mass is 35.5. The molecule has 8 heteroatoms. The fourth-order valence-electron chi connectivity index (χ4n) is 1.69. The molecule has 0 saturated heterocycles. The number of nitrogens with two attached hydrogens (primary N) is 1. The van der Waals surface area contributed by atoms with Crippen molar-refractivity contribution in [1.82, 2.24) is 5.32 Å². The number of halogens is 2. The zero-order chi connectivity index (χ0) is 16.0. The molecule has 0 heterocycles. The van der Waals surface area contributed by atoms with Gasteiger partial charge in [0.1, 0.15) is 9.84 Å². The number of carbonyl (C=O) groups is 1. The Bertz CT molecular complexity index is 585. The Morgan fingerprint density at radius 3 is 2.38 bits per heavy atom. The monoisotopic (exact) mass is 352 g/mol. The summed E-state index contributed by atoms with van der Waals surface area (Å²) in [5.41, 5.74) is 6.53. The molecular weight excluding hydrogens is 335 g/mol. The summed E-state index contributed by atoms with van der Waals surface area (Å²) in [7, 11) is -3.12. The zero-order valence-corrected chi connectivity index (χ0v) is 13.9. The number of amides is 1. The van der Waals surface area contributed by atoms with Crippen molar-refractivity contribution in [2.45, 2.75) is 18.9 Å². The summed E-state index contributed by atoms with van der Waals surface area (Å²) in [4.78, 5) is 11.7. The molecule has 1 unspecified atom stereocenters. The first-order valence-electron chi connectivity index (χ1n) is 6.33. The quantitative estimate of drug-likeness (QED) is 0.776. The van der Waals surface area contributed by atoms with Crippen LogP contribution in [0.5, 0.6) is 0 Å². The minimum absolute atomic E-state index is 0.105. The molecule has 1 amide bonds. The third kappa shape index (κ3) is 7.66. The molecule has 0 spiro atoms. The van der Waals surface area contributed by atoms with Crippen LogP contribution in [0.1, 0.15) is 12.0 Å². The molecule has 0 aliphatic rings. The van der Waals surface area contributed by atoms with Gasteiger partial charge in [0.15, 0.2) is 0 Å². The summed E-state index contributed by atoms with van der Waals surface area (Å²) in [5.74, 6) is -0.474. The van der Waals surface area contributed by atoms with E-state index < -0.39 is 15.9 Å². The van der Waals surface area contributed by atoms with Crippen molar-refractivity contribution >= 4 is 38.9 Å². The third-order valence-electron chi connectivity index (χ3n) is 2.77. The number of nitrogens with one attached hydrogen (secondary N) is 1. The standard InChI is InChI=1S/C13H18Cl2N2O3S/c1-21(19,20)5-3-12(16)13(18)17-4-2-9-6-10(14)8-11(15)7-9/h6-8,12H,2-5,16H2,1H3,(H,17,18). The average molecular weight is 353 g/mol. The maximum Gasteiger partial charge on any atom is 0.236 e. The number of carbonyl (C=O) groups excluding carboxylic acids is 1. The van der Waals surface area contributed by atoms with Crippen LogP contribution in [0.3, 0.4) is 0 Å². The van der Waals surface area contributed by atoms with Gasteiger partial charge in [-0.15, -0.1) is 0 Å². The van der Waals surface area contributed by atoms with Crippen molar-refractivity contribution < 1.29 is 13.2 Å². The molecule has 0 saturated carbocycles. The topological polar surface area (TPSA) is 89.3 Å². The normalized spacial score (nSPS) is 13.0. The van der Waals surface area contributed by atoms with E-state index >= 15 is 0 Å². The molecule has 1 aromatic rings. The van der Waals surface area contributed by atoms with Crippen LogP contribution in [0.15, 0.2) is 18.2 Å². The molecule has 1 rings (SSSR count). The molecule has 0 radical (unpaired) electrons. The molecule has 21 heavy (non-hydrogen) atoms. The number of rotatable bonds is 7. The van der Waals surface area contributed by atoms with E-state index in [0.29, 0.717) is 23.0 Å². The van der Waals surface area contributed by atoms with Crippen molar-refractivity contribution in [3.05, 3.63) is 33.8 Å². The average Bonchev–Trinajstić information content (AvgIpc) is 2.33. The maximum atomic E-state index is 11.7. The molecule has 1 atom stereocenters. The van der Waals surface area contributed by atoms with Crippen molar-refractivity contribution in [3.63, 3.8) is 0 Å². The molecule has 0 aromatic heterocycles. The molecule has 0 aliphatic heterocycles. The van der Waals surface area contributed by atoms with Crippen molar-refractivity contribution in [3.8, 4) is 0 Å². The molecule has 1 aromatic carbocycles. The van der Waals surface area contributed by atoms with Gasteiger partial charge in [0.25, 0.3) is 0 Å². The third-order valence-corrected chi connectivity index (χ3v) is 4.19. The fraction of sp³-hybridized carbons (Fsp3) is 0.462. The Morgan fingerprint density at radius 2 is 1.86 bits per heavy atom. The summed E-state index contributed by atoms with van der Waals surface area (Å²) in [6.07, 6.45) is 1.78. The lowest BCUT2D eigenvalue weighted by molar-refractivity contribution is -0.122. The number of hydrogen-bond donors (Lipinski definition) is 2. The highest BCUT2D eigenvalue weighted by Gasteiger charge is 2.15. The van der Waals surface area contributed by atoms with Crippen molar-refractivity contribution in [2.75, 3.05) is 18.6 Å². The summed E-state index contributed by atoms with van der Waals surface area (Å²) < 4.78 is 22.0. The molecule has 3 N–H and O–H groups in total. The van der Waals surface area contributed by atoms with Gasteiger partial charge in [-0.05, 0) is 36.6 Å². The fourth-order valence-corrected chi connectivity index (χ4v) is 2.94. The van der Waals surface area contributed by atoms with Crippen LogP contribution in [0.2, 0.25) is 10.0 Å². The van der Waals surface area contributed by atoms with E-state index in [4.69, 9.17) is 28.9 Å². The second kappa shape index (κ2) is 7.98. The van der Waals surface area contributed by atoms with Crippen LogP contribution in [-0.2, 0) is 21.1 Å². The lowest BCUT2D eigenvalue weighted by Gasteiger charge is -2.12. The van der Waals surface area contributed by atoms with Gasteiger partial charge in [0.2, 0.25) is 5.91 Å². The summed E-state index contributed by atoms with van der Waals surface area (Å²) in [6, 6.07) is 4.33. The smallest absolute Gasteiger partial charge is 0.236 e. The Hall–Kier alpha value is -0.820. The molecule has 5 nitrogen and oxygen atoms in total. The van der Waals surface area contributed by atoms with Crippen LogP contribution in [0.4, 0.5) is 0 Å². The van der Waals surface area contributed by atoms with Crippen LogP contribution in [-0.4, -0.2) is 38.9 Å². The summed E-state index contributed by atoms with van der Waals surface area (Å²) in [6.45, 7) is 0.377. The van der Waals surface area contributed by atoms with Gasteiger partial charge in [-0.1, -0.05) is 23.2 Å². The summed E-state index contributed by atoms with van der Waals surface area (Å²) in [5, 5.41) is 3.73. The highest BCUT2D eigenvalue weighted by molar-refractivity contribution is 7.90. The van der Waals surface area contributed by atoms with Crippen LogP contribution in [0, 0.1) is 0 Å². The number of benzene rings is 1. The highest BCUT2D eigenvalue weighted by Crippen LogP contribution is 2.19. The second-order valence-corrected chi connectivity index (χ2v) is 7.98. The minimum Gasteiger partial charge on any atom is -0.354 e. The Labute approximate surface area is 134 Å². The molecular formula is C13H18Cl2N2O3S. The van der Waals surface area contributed by atoms with Gasteiger partial charge in [0.05, 0.1) is 11.8 Å². The van der Waals surface area contributed by atoms with Crippen LogP contribution >= 0.6 is 23.2 Å².